The van der Waals surface area contributed by atoms with Gasteiger partial charge in [0.2, 0.25) is 0 Å². The van der Waals surface area contributed by atoms with Crippen molar-refractivity contribution in [1.82, 2.24) is 4.90 Å². The van der Waals surface area contributed by atoms with Gasteiger partial charge in [-0.05, 0) is 43.7 Å². The second-order valence-corrected chi connectivity index (χ2v) is 7.73. The topological polar surface area (TPSA) is 61.1 Å². The molecule has 0 bridgehead atoms. The van der Waals surface area contributed by atoms with Gasteiger partial charge in [-0.3, -0.25) is 9.69 Å². The fourth-order valence-corrected chi connectivity index (χ4v) is 3.93. The highest BCUT2D eigenvalue weighted by atomic mass is 16.5. The quantitative estimate of drug-likeness (QED) is 0.614. The lowest BCUT2D eigenvalue weighted by Crippen LogP contribution is -2.46. The van der Waals surface area contributed by atoms with Crippen molar-refractivity contribution in [3.63, 3.8) is 0 Å². The maximum absolute atomic E-state index is 12.9. The monoisotopic (exact) mass is 409 g/mol. The highest BCUT2D eigenvalue weighted by Crippen LogP contribution is 2.24. The lowest BCUT2D eigenvalue weighted by Gasteiger charge is -2.35. The molecule has 158 valence electrons. The van der Waals surface area contributed by atoms with Crippen molar-refractivity contribution in [1.29, 1.82) is 0 Å². The van der Waals surface area contributed by atoms with Crippen LogP contribution >= 0.6 is 0 Å². The highest BCUT2D eigenvalue weighted by molar-refractivity contribution is 5.82. The molecule has 1 aliphatic heterocycles. The van der Waals surface area contributed by atoms with Crippen LogP contribution in [0.2, 0.25) is 0 Å². The van der Waals surface area contributed by atoms with E-state index in [0.29, 0.717) is 28.9 Å². The van der Waals surface area contributed by atoms with Gasteiger partial charge in [-0.2, -0.15) is 0 Å². The van der Waals surface area contributed by atoms with Crippen molar-refractivity contribution >= 4 is 11.0 Å². The Balaban J connectivity index is 1.46. The minimum Gasteiger partial charge on any atom is -0.497 e. The second-order valence-electron chi connectivity index (χ2n) is 7.73. The van der Waals surface area contributed by atoms with Crippen LogP contribution in [-0.4, -0.2) is 50.5 Å². The molecule has 0 unspecified atom stereocenters. The fourth-order valence-electron chi connectivity index (χ4n) is 3.93. The standard InChI is InChI=1S/C24H27NO5/c1-16-13-25(14-17(2)30-16)10-11-28-20-8-9-21-23(12-20)29-15-22(24(21)26)18-4-6-19(27-3)7-5-18/h4-9,12,15-17H,10-11,13-14H2,1-3H3/t16-,17-/m0/s1. The number of ether oxygens (including phenoxy) is 3. The zero-order chi connectivity index (χ0) is 21.1. The Bertz CT molecular complexity index is 1050. The van der Waals surface area contributed by atoms with E-state index >= 15 is 0 Å². The van der Waals surface area contributed by atoms with Crippen LogP contribution in [0.5, 0.6) is 11.5 Å². The molecular formula is C24H27NO5. The van der Waals surface area contributed by atoms with Gasteiger partial charge >= 0.3 is 0 Å². The van der Waals surface area contributed by atoms with Gasteiger partial charge in [0.25, 0.3) is 0 Å². The minimum atomic E-state index is -0.0655. The Morgan fingerprint density at radius 3 is 2.43 bits per heavy atom. The third-order valence-electron chi connectivity index (χ3n) is 5.32. The molecule has 1 aliphatic rings. The van der Waals surface area contributed by atoms with Crippen LogP contribution in [0.4, 0.5) is 0 Å². The van der Waals surface area contributed by atoms with Crippen molar-refractivity contribution in [2.24, 2.45) is 0 Å². The summed E-state index contributed by atoms with van der Waals surface area (Å²) in [4.78, 5) is 15.3. The molecule has 0 N–H and O–H groups in total. The van der Waals surface area contributed by atoms with Gasteiger partial charge in [-0.1, -0.05) is 12.1 Å². The predicted molar refractivity (Wildman–Crippen MR) is 116 cm³/mol. The van der Waals surface area contributed by atoms with Crippen molar-refractivity contribution in [3.8, 4) is 22.6 Å². The van der Waals surface area contributed by atoms with E-state index in [-0.39, 0.29) is 17.6 Å². The number of benzene rings is 2. The Morgan fingerprint density at radius 1 is 1.03 bits per heavy atom. The van der Waals surface area contributed by atoms with Crippen molar-refractivity contribution in [2.45, 2.75) is 26.1 Å². The van der Waals surface area contributed by atoms with Crippen LogP contribution in [0.3, 0.4) is 0 Å². The normalized spacial score (nSPS) is 19.7. The van der Waals surface area contributed by atoms with Gasteiger partial charge in [0, 0.05) is 25.7 Å². The molecule has 3 aromatic rings. The molecule has 0 amide bonds. The number of nitrogens with zero attached hydrogens (tertiary/aromatic N) is 1. The van der Waals surface area contributed by atoms with Crippen LogP contribution in [0.1, 0.15) is 13.8 Å². The molecule has 1 fully saturated rings. The minimum absolute atomic E-state index is 0.0655. The summed E-state index contributed by atoms with van der Waals surface area (Å²) >= 11 is 0. The zero-order valence-electron chi connectivity index (χ0n) is 17.6. The largest absolute Gasteiger partial charge is 0.497 e. The summed E-state index contributed by atoms with van der Waals surface area (Å²) < 4.78 is 22.6. The van der Waals surface area contributed by atoms with E-state index in [1.54, 1.807) is 19.2 Å². The van der Waals surface area contributed by atoms with Crippen LogP contribution in [0.15, 0.2) is 57.9 Å². The molecule has 0 spiro atoms. The number of morpholine rings is 1. The summed E-state index contributed by atoms with van der Waals surface area (Å²) in [5.41, 5.74) is 1.77. The van der Waals surface area contributed by atoms with E-state index in [9.17, 15) is 4.79 Å². The number of hydrogen-bond acceptors (Lipinski definition) is 6. The van der Waals surface area contributed by atoms with Crippen LogP contribution in [0.25, 0.3) is 22.1 Å². The number of hydrogen-bond donors (Lipinski definition) is 0. The molecule has 0 aliphatic carbocycles. The van der Waals surface area contributed by atoms with Crippen molar-refractivity contribution < 1.29 is 18.6 Å². The first-order chi connectivity index (χ1) is 14.5. The van der Waals surface area contributed by atoms with E-state index in [1.807, 2.05) is 30.3 Å². The lowest BCUT2D eigenvalue weighted by molar-refractivity contribution is -0.0699. The SMILES string of the molecule is COc1ccc(-c2coc3cc(OCCN4C[C@H](C)O[C@@H](C)C4)ccc3c2=O)cc1. The Labute approximate surface area is 176 Å². The Morgan fingerprint density at radius 2 is 1.73 bits per heavy atom. The average Bonchev–Trinajstić information content (AvgIpc) is 2.73. The molecular weight excluding hydrogens is 382 g/mol. The molecule has 0 radical (unpaired) electrons. The first-order valence-corrected chi connectivity index (χ1v) is 10.2. The van der Waals surface area contributed by atoms with E-state index in [1.165, 1.54) is 6.26 Å². The molecule has 2 aromatic carbocycles. The first-order valence-electron chi connectivity index (χ1n) is 10.2. The van der Waals surface area contributed by atoms with Crippen LogP contribution in [-0.2, 0) is 4.74 Å². The molecule has 2 atom stereocenters. The Hall–Kier alpha value is -2.83. The summed E-state index contributed by atoms with van der Waals surface area (Å²) in [6.45, 7) is 7.41. The fraction of sp³-hybridized carbons (Fsp3) is 0.375. The third-order valence-corrected chi connectivity index (χ3v) is 5.32. The lowest BCUT2D eigenvalue weighted by atomic mass is 10.1. The van der Waals surface area contributed by atoms with Crippen LogP contribution < -0.4 is 14.9 Å². The molecule has 1 saturated heterocycles. The second kappa shape index (κ2) is 8.90. The number of rotatable bonds is 6. The van der Waals surface area contributed by atoms with Crippen molar-refractivity contribution in [2.75, 3.05) is 33.4 Å². The zero-order valence-corrected chi connectivity index (χ0v) is 17.6. The molecule has 1 aromatic heterocycles. The predicted octanol–water partition coefficient (Wildman–Crippen LogP) is 3.96. The van der Waals surface area contributed by atoms with Gasteiger partial charge in [0.1, 0.15) is 30.0 Å². The van der Waals surface area contributed by atoms with E-state index in [4.69, 9.17) is 18.6 Å². The summed E-state index contributed by atoms with van der Waals surface area (Å²) in [5.74, 6) is 1.43. The van der Waals surface area contributed by atoms with Gasteiger partial charge in [0.05, 0.1) is 30.3 Å². The van der Waals surface area contributed by atoms with Crippen molar-refractivity contribution in [3.05, 3.63) is 59.0 Å². The summed E-state index contributed by atoms with van der Waals surface area (Å²) in [6.07, 6.45) is 1.99. The third kappa shape index (κ3) is 4.50. The summed E-state index contributed by atoms with van der Waals surface area (Å²) in [6, 6.07) is 12.7. The Kier molecular flexibility index (Phi) is 6.06. The maximum atomic E-state index is 12.9. The molecule has 2 heterocycles. The van der Waals surface area contributed by atoms with Crippen LogP contribution in [0, 0.1) is 0 Å². The maximum Gasteiger partial charge on any atom is 0.200 e. The van der Waals surface area contributed by atoms with Gasteiger partial charge in [-0.25, -0.2) is 0 Å². The van der Waals surface area contributed by atoms with E-state index in [0.717, 1.165) is 30.9 Å². The van der Waals surface area contributed by atoms with E-state index < -0.39 is 0 Å². The number of fused-ring (bicyclic) bond motifs is 1. The van der Waals surface area contributed by atoms with E-state index in [2.05, 4.69) is 18.7 Å². The smallest absolute Gasteiger partial charge is 0.200 e. The molecule has 0 saturated carbocycles. The van der Waals surface area contributed by atoms with Gasteiger partial charge < -0.3 is 18.6 Å². The highest BCUT2D eigenvalue weighted by Gasteiger charge is 2.21. The molecule has 30 heavy (non-hydrogen) atoms. The van der Waals surface area contributed by atoms with Gasteiger partial charge in [-0.15, -0.1) is 0 Å². The first kappa shape index (κ1) is 20.4. The summed E-state index contributed by atoms with van der Waals surface area (Å²) in [5, 5.41) is 0.534. The average molecular weight is 409 g/mol. The molecule has 6 heteroatoms. The summed E-state index contributed by atoms with van der Waals surface area (Å²) in [7, 11) is 1.61. The number of methoxy groups -OCH3 is 1. The van der Waals surface area contributed by atoms with Gasteiger partial charge in [0.15, 0.2) is 5.43 Å². The molecule has 6 nitrogen and oxygen atoms in total. The molecule has 4 rings (SSSR count).